The first-order valence-corrected chi connectivity index (χ1v) is 48.8. The molecule has 0 saturated heterocycles. The van der Waals surface area contributed by atoms with Crippen molar-refractivity contribution in [2.24, 2.45) is 0 Å². The molecule has 10 aromatic heterocycles. The van der Waals surface area contributed by atoms with Crippen molar-refractivity contribution in [2.75, 3.05) is 0 Å². The van der Waals surface area contributed by atoms with E-state index in [4.69, 9.17) is 20.1 Å². The van der Waals surface area contributed by atoms with E-state index in [-0.39, 0.29) is 101 Å². The first kappa shape index (κ1) is 105. The number of nitrogens with zero attached hydrogens (tertiary/aromatic N) is 20. The van der Waals surface area contributed by atoms with Crippen LogP contribution in [0.15, 0.2) is 262 Å². The van der Waals surface area contributed by atoms with E-state index in [1.54, 1.807) is 88.3 Å². The molecule has 141 heavy (non-hydrogen) atoms. The topological polar surface area (TPSA) is 218 Å². The fourth-order valence-corrected chi connectivity index (χ4v) is 21.9. The second kappa shape index (κ2) is 46.1. The summed E-state index contributed by atoms with van der Waals surface area (Å²) in [5, 5.41) is 28.0. The van der Waals surface area contributed by atoms with Gasteiger partial charge in [0.25, 0.3) is 0 Å². The molecule has 0 N–H and O–H groups in total. The van der Waals surface area contributed by atoms with E-state index in [9.17, 15) is 0 Å². The Morgan fingerprint density at radius 1 is 0.241 bits per heavy atom. The van der Waals surface area contributed by atoms with E-state index in [1.807, 2.05) is 119 Å². The third-order valence-corrected chi connectivity index (χ3v) is 28.1. The van der Waals surface area contributed by atoms with Crippen LogP contribution < -0.4 is 0 Å². The summed E-state index contributed by atoms with van der Waals surface area (Å²) in [6, 6.07) is 95.8. The minimum absolute atomic E-state index is 0. The smallest absolute Gasteiger partial charge is 0.127 e. The molecule has 30 heteroatoms. The summed E-state index contributed by atoms with van der Waals surface area (Å²) in [6.07, 6.45) is 8.03. The maximum atomic E-state index is 4.77. The molecule has 0 aliphatic rings. The summed E-state index contributed by atoms with van der Waals surface area (Å²) < 4.78 is 15.3. The second-order valence-corrected chi connectivity index (χ2v) is 40.0. The van der Waals surface area contributed by atoms with E-state index in [0.717, 1.165) is 195 Å². The predicted molar refractivity (Wildman–Crippen MR) is 555 cm³/mol. The molecule has 0 unspecified atom stereocenters. The van der Waals surface area contributed by atoms with Gasteiger partial charge in [0.15, 0.2) is 0 Å². The Hall–Kier alpha value is -11.7. The number of hydrogen-bond donors (Lipinski definition) is 0. The van der Waals surface area contributed by atoms with Gasteiger partial charge in [0.1, 0.15) is 31.6 Å². The maximum absolute atomic E-state index is 4.77. The fraction of sp³-hybridized carbons (Fsp3) is 0.162. The Bertz CT molecular complexity index is 8180. The third kappa shape index (κ3) is 21.8. The SMILES string of the molecule is Cc1cc(C)c(-n2ncnc2-c2[c-]ccc3sc(C)nc23)c(C)c1.Cc1nc2c(-c3ncnn3-c3c(-c4ccccc4)cccc3-c3ccccc3)[c-]ccc2s1.Cc1nc2c(-c3ncnn3-c3c(C(C)C)cccc3C(C)C)[c-]ccc2s1.Cc1nc2c(-c3ncnn3-c3c(C)cc(-c4ccccc4)cc3C)[c-]ccc2s1.Cc1nc2c(-c3ncnn3-c3c(C)cccc3C)[c-]ccc2s1.[Ir].[Ir].[Ir].[Ir].[Ir]. The van der Waals surface area contributed by atoms with E-state index in [0.29, 0.717) is 11.8 Å². The Labute approximate surface area is 906 Å². The number of fused-ring (bicyclic) bond motifs is 5. The summed E-state index contributed by atoms with van der Waals surface area (Å²) in [7, 11) is 0. The van der Waals surface area contributed by atoms with E-state index < -0.39 is 0 Å². The third-order valence-electron chi connectivity index (χ3n) is 23.4. The van der Waals surface area contributed by atoms with Crippen LogP contribution in [0.1, 0.15) is 115 Å². The quantitative estimate of drug-likeness (QED) is 0.0872. The second-order valence-electron chi connectivity index (χ2n) is 33.8. The summed E-state index contributed by atoms with van der Waals surface area (Å²) in [4.78, 5) is 46.4. The van der Waals surface area contributed by atoms with Gasteiger partial charge in [-0.25, -0.2) is 0 Å². The number of thiazole rings is 5. The van der Waals surface area contributed by atoms with Crippen LogP contribution in [-0.2, 0) is 101 Å². The molecule has 0 saturated carbocycles. The minimum atomic E-state index is 0. The molecule has 717 valence electrons. The summed E-state index contributed by atoms with van der Waals surface area (Å²) >= 11 is 8.42. The number of benzene rings is 13. The zero-order chi connectivity index (χ0) is 94.1. The van der Waals surface area contributed by atoms with Crippen molar-refractivity contribution in [3.8, 4) is 119 Å². The van der Waals surface area contributed by atoms with Crippen LogP contribution in [0.5, 0.6) is 0 Å². The maximum Gasteiger partial charge on any atom is 0.127 e. The predicted octanol–water partition coefficient (Wildman–Crippen LogP) is 27.7. The number of aromatic nitrogens is 20. The molecule has 23 rings (SSSR count). The summed E-state index contributed by atoms with van der Waals surface area (Å²) in [6.45, 7) is 33.7. The van der Waals surface area contributed by atoms with Gasteiger partial charge in [-0.3, -0.25) is 73.2 Å². The molecule has 0 spiro atoms. The van der Waals surface area contributed by atoms with Crippen LogP contribution in [0.4, 0.5) is 0 Å². The van der Waals surface area contributed by atoms with Crippen molar-refractivity contribution < 1.29 is 101 Å². The Balaban J connectivity index is 0.000000140. The van der Waals surface area contributed by atoms with Crippen LogP contribution >= 0.6 is 56.7 Å². The molecular weight excluding hydrogens is 2730 g/mol. The van der Waals surface area contributed by atoms with Gasteiger partial charge in [0.05, 0.1) is 82.6 Å². The van der Waals surface area contributed by atoms with Gasteiger partial charge in [-0.15, -0.1) is 148 Å². The van der Waals surface area contributed by atoms with Gasteiger partial charge in [-0.1, -0.05) is 219 Å². The van der Waals surface area contributed by atoms with Crippen molar-refractivity contribution in [3.05, 3.63) is 368 Å². The number of rotatable bonds is 15. The van der Waals surface area contributed by atoms with Crippen molar-refractivity contribution in [1.29, 1.82) is 0 Å². The van der Waals surface area contributed by atoms with Gasteiger partial charge in [0, 0.05) is 139 Å². The zero-order valence-electron chi connectivity index (χ0n) is 79.6. The monoisotopic (exact) mass is 2830 g/mol. The average Bonchev–Trinajstić information content (AvgIpc) is 1.59. The van der Waals surface area contributed by atoms with Crippen LogP contribution in [0.3, 0.4) is 0 Å². The number of para-hydroxylation sites is 3. The molecule has 23 aromatic rings. The van der Waals surface area contributed by atoms with Gasteiger partial charge >= 0.3 is 0 Å². The van der Waals surface area contributed by atoms with Crippen molar-refractivity contribution >= 4 is 108 Å². The van der Waals surface area contributed by atoms with Gasteiger partial charge in [-0.2, -0.15) is 25.5 Å². The van der Waals surface area contributed by atoms with Crippen LogP contribution in [0, 0.1) is 113 Å². The Morgan fingerprint density at radius 2 is 0.489 bits per heavy atom. The molecule has 0 atom stereocenters. The summed E-state index contributed by atoms with van der Waals surface area (Å²) in [5.41, 5.74) is 32.0. The molecule has 0 aliphatic carbocycles. The Morgan fingerprint density at radius 3 is 0.780 bits per heavy atom. The standard InChI is InChI=1S/C28H19N4S.C24H19N4S.C22H23N4S.C19H17N4S.C18H15N4S.5Ir/c1-19-31-26-24(16-9-17-25(26)33-19)28-29-18-30-32(28)27-22(20-10-4-2-5-11-20)14-8-15-23(27)21-12-6-3-7-13-21;1-15-12-19(18-8-5-4-6-9-18)13-16(2)23(15)28-24(25-14-26-28)20-10-7-11-21-22(20)27-17(3)29-21;1-13(2)16-8-6-9-17(14(3)4)21(16)26-22(23-12-24-26)18-10-7-11-19-20(18)25-15(5)27-19;1-11-8-12(2)18(13(3)9-11)23-19(20-10-21-23)15-6-5-7-16-17(15)22-14(4)24-16;1-11-6-4-7-12(2)17(11)22-18(19-10-20-22)14-8-5-9-15-16(14)21-13(3)23-15;;;;;/h2-15,17-18H,1H3;4-9,11-14H,1-3H3;6-9,11-14H,1-5H3;5,7-10H,1-4H3;4-7,9-10H,1-3H3;;;;;/q5*-1;;;;;. The van der Waals surface area contributed by atoms with Crippen molar-refractivity contribution in [2.45, 2.75) is 123 Å². The fourth-order valence-electron chi connectivity index (χ4n) is 17.7. The van der Waals surface area contributed by atoms with Crippen LogP contribution in [0.2, 0.25) is 0 Å². The van der Waals surface area contributed by atoms with Gasteiger partial charge in [-0.05, 0) is 197 Å². The molecule has 0 amide bonds. The average molecular weight is 2830 g/mol. The zero-order valence-corrected chi connectivity index (χ0v) is 95.7. The van der Waals surface area contributed by atoms with E-state index >= 15 is 0 Å². The minimum Gasteiger partial charge on any atom is -0.290 e. The number of hydrogen-bond acceptors (Lipinski definition) is 20. The molecule has 20 nitrogen and oxygen atoms in total. The molecule has 0 fully saturated rings. The first-order chi connectivity index (χ1) is 66.1. The van der Waals surface area contributed by atoms with E-state index in [2.05, 4.69) is 332 Å². The summed E-state index contributed by atoms with van der Waals surface area (Å²) in [5.74, 6) is 4.61. The largest absolute Gasteiger partial charge is 0.290 e. The number of aryl methyl sites for hydroxylation is 12. The van der Waals surface area contributed by atoms with E-state index in [1.165, 1.54) is 50.1 Å². The van der Waals surface area contributed by atoms with Crippen molar-refractivity contribution in [1.82, 2.24) is 98.7 Å². The molecule has 5 radical (unpaired) electrons. The van der Waals surface area contributed by atoms with Crippen molar-refractivity contribution in [3.63, 3.8) is 0 Å². The molecule has 0 bridgehead atoms. The first-order valence-electron chi connectivity index (χ1n) is 44.7. The van der Waals surface area contributed by atoms with Gasteiger partial charge < -0.3 is 0 Å². The Kier molecular flexibility index (Phi) is 34.4. The normalized spacial score (nSPS) is 11.0. The van der Waals surface area contributed by atoms with Gasteiger partial charge in [0.2, 0.25) is 0 Å². The van der Waals surface area contributed by atoms with Crippen LogP contribution in [-0.4, -0.2) is 98.7 Å². The molecule has 0 aliphatic heterocycles. The molecular formula is C111H93Ir5N20S5-5. The van der Waals surface area contributed by atoms with Crippen LogP contribution in [0.25, 0.3) is 170 Å². The molecule has 13 aromatic carbocycles. The molecule has 10 heterocycles.